The normalized spacial score (nSPS) is 9.57. The summed E-state index contributed by atoms with van der Waals surface area (Å²) in [7, 11) is 0. The van der Waals surface area contributed by atoms with Crippen LogP contribution in [0, 0.1) is 5.82 Å². The molecule has 1 rings (SSSR count). The standard InChI is InChI=1S/C9H8FNO3/c1-5(13)11-9-7(10)2-6(4-12)3-8(9)14/h2-4,14H,1H3,(H,11,13). The number of rotatable bonds is 2. The molecule has 0 bridgehead atoms. The van der Waals surface area contributed by atoms with E-state index in [0.717, 1.165) is 12.1 Å². The molecule has 5 heteroatoms. The lowest BCUT2D eigenvalue weighted by Gasteiger charge is -2.06. The van der Waals surface area contributed by atoms with Gasteiger partial charge in [0.2, 0.25) is 5.91 Å². The fraction of sp³-hybridized carbons (Fsp3) is 0.111. The molecule has 2 N–H and O–H groups in total. The average Bonchev–Trinajstić information content (AvgIpc) is 2.10. The molecule has 74 valence electrons. The molecule has 0 spiro atoms. The summed E-state index contributed by atoms with van der Waals surface area (Å²) >= 11 is 0. The maximum absolute atomic E-state index is 13.1. The van der Waals surface area contributed by atoms with Crippen molar-refractivity contribution in [2.75, 3.05) is 5.32 Å². The Balaban J connectivity index is 3.17. The zero-order chi connectivity index (χ0) is 10.7. The predicted molar refractivity (Wildman–Crippen MR) is 47.8 cm³/mol. The van der Waals surface area contributed by atoms with E-state index in [-0.39, 0.29) is 11.3 Å². The van der Waals surface area contributed by atoms with E-state index in [1.54, 1.807) is 0 Å². The number of nitrogens with one attached hydrogen (secondary N) is 1. The fourth-order valence-corrected chi connectivity index (χ4v) is 0.980. The Kier molecular flexibility index (Phi) is 2.81. The minimum atomic E-state index is -0.845. The van der Waals surface area contributed by atoms with Crippen LogP contribution in [0.5, 0.6) is 5.75 Å². The minimum Gasteiger partial charge on any atom is -0.506 e. The molecule has 4 nitrogen and oxygen atoms in total. The van der Waals surface area contributed by atoms with Crippen molar-refractivity contribution >= 4 is 17.9 Å². The number of hydrogen-bond donors (Lipinski definition) is 2. The zero-order valence-electron chi connectivity index (χ0n) is 7.37. The summed E-state index contributed by atoms with van der Waals surface area (Å²) in [5.41, 5.74) is -0.308. The molecule has 14 heavy (non-hydrogen) atoms. The van der Waals surface area contributed by atoms with Crippen molar-refractivity contribution in [3.05, 3.63) is 23.5 Å². The fourth-order valence-electron chi connectivity index (χ4n) is 0.980. The van der Waals surface area contributed by atoms with Gasteiger partial charge in [-0.2, -0.15) is 0 Å². The third-order valence-electron chi connectivity index (χ3n) is 1.53. The van der Waals surface area contributed by atoms with Crippen molar-refractivity contribution in [3.8, 4) is 5.75 Å². The van der Waals surface area contributed by atoms with Crippen molar-refractivity contribution in [2.24, 2.45) is 0 Å². The highest BCUT2D eigenvalue weighted by Crippen LogP contribution is 2.27. The molecule has 0 radical (unpaired) electrons. The van der Waals surface area contributed by atoms with Gasteiger partial charge < -0.3 is 10.4 Å². The lowest BCUT2D eigenvalue weighted by Crippen LogP contribution is -2.08. The lowest BCUT2D eigenvalue weighted by atomic mass is 10.2. The number of amides is 1. The summed E-state index contributed by atoms with van der Waals surface area (Å²) in [5.74, 6) is -1.82. The van der Waals surface area contributed by atoms with Gasteiger partial charge in [0.15, 0.2) is 5.82 Å². The van der Waals surface area contributed by atoms with Gasteiger partial charge in [0, 0.05) is 12.5 Å². The van der Waals surface area contributed by atoms with Gasteiger partial charge in [-0.1, -0.05) is 0 Å². The second-order valence-corrected chi connectivity index (χ2v) is 2.70. The van der Waals surface area contributed by atoms with E-state index in [4.69, 9.17) is 0 Å². The van der Waals surface area contributed by atoms with E-state index < -0.39 is 17.5 Å². The van der Waals surface area contributed by atoms with Crippen LogP contribution in [0.15, 0.2) is 12.1 Å². The number of carbonyl (C=O) groups is 2. The van der Waals surface area contributed by atoms with Crippen molar-refractivity contribution in [1.29, 1.82) is 0 Å². The molecule has 0 saturated heterocycles. The van der Waals surface area contributed by atoms with Crippen molar-refractivity contribution in [2.45, 2.75) is 6.92 Å². The number of aldehydes is 1. The Hall–Kier alpha value is -1.91. The Morgan fingerprint density at radius 3 is 2.64 bits per heavy atom. The molecule has 1 aromatic rings. The summed E-state index contributed by atoms with van der Waals surface area (Å²) in [6.07, 6.45) is 0.403. The molecule has 0 fully saturated rings. The third-order valence-corrected chi connectivity index (χ3v) is 1.53. The van der Waals surface area contributed by atoms with E-state index >= 15 is 0 Å². The summed E-state index contributed by atoms with van der Waals surface area (Å²) in [6.45, 7) is 1.19. The summed E-state index contributed by atoms with van der Waals surface area (Å²) in [6, 6.07) is 2.00. The summed E-state index contributed by atoms with van der Waals surface area (Å²) < 4.78 is 13.1. The average molecular weight is 197 g/mol. The van der Waals surface area contributed by atoms with Crippen LogP contribution in [0.1, 0.15) is 17.3 Å². The maximum atomic E-state index is 13.1. The highest BCUT2D eigenvalue weighted by Gasteiger charge is 2.10. The van der Waals surface area contributed by atoms with Crippen LogP contribution in [0.2, 0.25) is 0 Å². The van der Waals surface area contributed by atoms with Gasteiger partial charge in [0.25, 0.3) is 0 Å². The van der Waals surface area contributed by atoms with Crippen LogP contribution >= 0.6 is 0 Å². The first-order valence-corrected chi connectivity index (χ1v) is 3.80. The SMILES string of the molecule is CC(=O)Nc1c(O)cc(C=O)cc1F. The molecule has 1 amide bonds. The smallest absolute Gasteiger partial charge is 0.221 e. The predicted octanol–water partition coefficient (Wildman–Crippen LogP) is 1.30. The molecule has 0 aliphatic rings. The molecule has 0 aliphatic carbocycles. The first-order valence-electron chi connectivity index (χ1n) is 3.80. The molecular formula is C9H8FNO3. The summed E-state index contributed by atoms with van der Waals surface area (Å²) in [5, 5.41) is 11.4. The van der Waals surface area contributed by atoms with E-state index in [0.29, 0.717) is 6.29 Å². The third kappa shape index (κ3) is 2.07. The van der Waals surface area contributed by atoms with Crippen LogP contribution < -0.4 is 5.32 Å². The van der Waals surface area contributed by atoms with Crippen LogP contribution in [-0.2, 0) is 4.79 Å². The number of hydrogen-bond acceptors (Lipinski definition) is 3. The quantitative estimate of drug-likeness (QED) is 0.554. The number of phenolic OH excluding ortho intramolecular Hbond substituents is 1. The van der Waals surface area contributed by atoms with Crippen molar-refractivity contribution in [1.82, 2.24) is 0 Å². The topological polar surface area (TPSA) is 66.4 Å². The molecule has 0 saturated carbocycles. The number of benzene rings is 1. The van der Waals surface area contributed by atoms with Crippen LogP contribution in [0.25, 0.3) is 0 Å². The van der Waals surface area contributed by atoms with Crippen molar-refractivity contribution in [3.63, 3.8) is 0 Å². The zero-order valence-corrected chi connectivity index (χ0v) is 7.37. The van der Waals surface area contributed by atoms with E-state index in [1.165, 1.54) is 6.92 Å². The lowest BCUT2D eigenvalue weighted by molar-refractivity contribution is -0.114. The van der Waals surface area contributed by atoms with E-state index in [9.17, 15) is 19.1 Å². The van der Waals surface area contributed by atoms with Gasteiger partial charge in [0.1, 0.15) is 17.7 Å². The van der Waals surface area contributed by atoms with Gasteiger partial charge in [-0.3, -0.25) is 9.59 Å². The number of anilines is 1. The number of carbonyl (C=O) groups excluding carboxylic acids is 2. The van der Waals surface area contributed by atoms with Crippen LogP contribution in [0.3, 0.4) is 0 Å². The van der Waals surface area contributed by atoms with Gasteiger partial charge >= 0.3 is 0 Å². The molecule has 1 aromatic carbocycles. The molecular weight excluding hydrogens is 189 g/mol. The van der Waals surface area contributed by atoms with Crippen molar-refractivity contribution < 1.29 is 19.1 Å². The molecule has 0 unspecified atom stereocenters. The molecule has 0 heterocycles. The Labute approximate surface area is 79.4 Å². The number of phenols is 1. The van der Waals surface area contributed by atoms with Crippen LogP contribution in [-0.4, -0.2) is 17.3 Å². The molecule has 0 atom stereocenters. The summed E-state index contributed by atoms with van der Waals surface area (Å²) in [4.78, 5) is 20.9. The highest BCUT2D eigenvalue weighted by atomic mass is 19.1. The van der Waals surface area contributed by atoms with Gasteiger partial charge in [-0.15, -0.1) is 0 Å². The van der Waals surface area contributed by atoms with E-state index in [2.05, 4.69) is 5.32 Å². The van der Waals surface area contributed by atoms with Gasteiger partial charge in [-0.25, -0.2) is 4.39 Å². The second-order valence-electron chi connectivity index (χ2n) is 2.70. The van der Waals surface area contributed by atoms with E-state index in [1.807, 2.05) is 0 Å². The number of aromatic hydroxyl groups is 1. The minimum absolute atomic E-state index is 0.00843. The first kappa shape index (κ1) is 10.2. The van der Waals surface area contributed by atoms with Gasteiger partial charge in [0.05, 0.1) is 0 Å². The number of halogens is 1. The Morgan fingerprint density at radius 2 is 2.21 bits per heavy atom. The highest BCUT2D eigenvalue weighted by molar-refractivity contribution is 5.91. The van der Waals surface area contributed by atoms with Crippen LogP contribution in [0.4, 0.5) is 10.1 Å². The largest absolute Gasteiger partial charge is 0.506 e. The first-order chi connectivity index (χ1) is 6.54. The monoisotopic (exact) mass is 197 g/mol. The second kappa shape index (κ2) is 3.87. The Bertz CT molecular complexity index is 367. The molecule has 0 aliphatic heterocycles. The Morgan fingerprint density at radius 1 is 1.57 bits per heavy atom. The van der Waals surface area contributed by atoms with Gasteiger partial charge in [-0.05, 0) is 12.1 Å². The maximum Gasteiger partial charge on any atom is 0.221 e. The molecule has 0 aromatic heterocycles.